The van der Waals surface area contributed by atoms with Crippen LogP contribution in [0.5, 0.6) is 0 Å². The van der Waals surface area contributed by atoms with Gasteiger partial charge in [-0.1, -0.05) is 18.5 Å². The predicted octanol–water partition coefficient (Wildman–Crippen LogP) is 2.92. The number of aromatic nitrogens is 4. The van der Waals surface area contributed by atoms with Crippen molar-refractivity contribution in [3.05, 3.63) is 34.1 Å². The van der Waals surface area contributed by atoms with Crippen molar-refractivity contribution in [2.75, 3.05) is 6.54 Å². The molecule has 0 fully saturated rings. The van der Waals surface area contributed by atoms with E-state index in [1.807, 2.05) is 24.7 Å². The molecule has 6 heteroatoms. The lowest BCUT2D eigenvalue weighted by Crippen LogP contribution is -2.18. The number of imidazole rings is 1. The fourth-order valence-electron chi connectivity index (χ4n) is 2.44. The Morgan fingerprint density at radius 1 is 1.29 bits per heavy atom. The van der Waals surface area contributed by atoms with Crippen molar-refractivity contribution in [3.63, 3.8) is 0 Å². The molecule has 2 rings (SSSR count). The van der Waals surface area contributed by atoms with Crippen LogP contribution in [-0.4, -0.2) is 25.9 Å². The molecule has 0 aromatic carbocycles. The number of halogens is 1. The van der Waals surface area contributed by atoms with Crippen LogP contribution in [0, 0.1) is 13.8 Å². The Kier molecular flexibility index (Phi) is 5.42. The molecule has 5 nitrogen and oxygen atoms in total. The first-order chi connectivity index (χ1) is 10.1. The lowest BCUT2D eigenvalue weighted by atomic mass is 10.3. The van der Waals surface area contributed by atoms with E-state index < -0.39 is 0 Å². The van der Waals surface area contributed by atoms with Crippen LogP contribution < -0.4 is 5.32 Å². The molecule has 0 bridgehead atoms. The van der Waals surface area contributed by atoms with Gasteiger partial charge < -0.3 is 9.88 Å². The molecule has 0 aliphatic rings. The zero-order valence-corrected chi connectivity index (χ0v) is 14.0. The summed E-state index contributed by atoms with van der Waals surface area (Å²) in [5, 5.41) is 8.66. The van der Waals surface area contributed by atoms with E-state index in [0.29, 0.717) is 6.54 Å². The zero-order valence-electron chi connectivity index (χ0n) is 13.3. The average Bonchev–Trinajstić information content (AvgIpc) is 2.95. The second kappa shape index (κ2) is 7.09. The third kappa shape index (κ3) is 3.47. The minimum Gasteiger partial charge on any atom is -0.325 e. The summed E-state index contributed by atoms with van der Waals surface area (Å²) < 4.78 is 4.18. The molecule has 1 N–H and O–H groups in total. The molecule has 0 atom stereocenters. The van der Waals surface area contributed by atoms with E-state index in [0.717, 1.165) is 48.3 Å². The molecular weight excluding hydrogens is 286 g/mol. The van der Waals surface area contributed by atoms with Crippen molar-refractivity contribution in [1.82, 2.24) is 24.6 Å². The van der Waals surface area contributed by atoms with Gasteiger partial charge in [0, 0.05) is 19.3 Å². The molecule has 0 aliphatic carbocycles. The first-order valence-corrected chi connectivity index (χ1v) is 7.89. The fraction of sp³-hybridized carbons (Fsp3) is 0.600. The summed E-state index contributed by atoms with van der Waals surface area (Å²) in [7, 11) is 0. The highest BCUT2D eigenvalue weighted by atomic mass is 35.5. The van der Waals surface area contributed by atoms with Crippen LogP contribution in [0.4, 0.5) is 0 Å². The van der Waals surface area contributed by atoms with E-state index in [2.05, 4.69) is 33.8 Å². The molecule has 2 aromatic rings. The van der Waals surface area contributed by atoms with Gasteiger partial charge in [0.15, 0.2) is 0 Å². The summed E-state index contributed by atoms with van der Waals surface area (Å²) in [4.78, 5) is 4.43. The average molecular weight is 310 g/mol. The molecular formula is C15H24ClN5. The molecule has 0 saturated heterocycles. The van der Waals surface area contributed by atoms with Gasteiger partial charge in [-0.05, 0) is 33.7 Å². The van der Waals surface area contributed by atoms with E-state index in [4.69, 9.17) is 11.6 Å². The fourth-order valence-corrected chi connectivity index (χ4v) is 2.63. The second-order valence-corrected chi connectivity index (χ2v) is 5.60. The molecule has 0 amide bonds. The van der Waals surface area contributed by atoms with Crippen LogP contribution in [0.25, 0.3) is 0 Å². The Morgan fingerprint density at radius 3 is 2.71 bits per heavy atom. The summed E-state index contributed by atoms with van der Waals surface area (Å²) in [6, 6.07) is 0. The highest BCUT2D eigenvalue weighted by molar-refractivity contribution is 6.31. The van der Waals surface area contributed by atoms with E-state index >= 15 is 0 Å². The van der Waals surface area contributed by atoms with Gasteiger partial charge in [-0.2, -0.15) is 5.10 Å². The Balaban J connectivity index is 2.25. The number of aryl methyl sites for hydroxylation is 3. The van der Waals surface area contributed by atoms with Crippen LogP contribution in [0.1, 0.15) is 43.2 Å². The largest absolute Gasteiger partial charge is 0.325 e. The van der Waals surface area contributed by atoms with Crippen molar-refractivity contribution in [3.8, 4) is 0 Å². The van der Waals surface area contributed by atoms with Crippen LogP contribution in [-0.2, 0) is 19.6 Å². The smallest absolute Gasteiger partial charge is 0.106 e. The van der Waals surface area contributed by atoms with Gasteiger partial charge in [0.2, 0.25) is 0 Å². The van der Waals surface area contributed by atoms with Gasteiger partial charge in [-0.3, -0.25) is 4.68 Å². The highest BCUT2D eigenvalue weighted by Gasteiger charge is 2.15. The van der Waals surface area contributed by atoms with Crippen LogP contribution in [0.3, 0.4) is 0 Å². The third-order valence-corrected chi connectivity index (χ3v) is 4.12. The van der Waals surface area contributed by atoms with Gasteiger partial charge in [0.1, 0.15) is 5.82 Å². The van der Waals surface area contributed by atoms with Gasteiger partial charge in [0.25, 0.3) is 0 Å². The minimum atomic E-state index is 0.711. The van der Waals surface area contributed by atoms with Crippen LogP contribution in [0.15, 0.2) is 6.20 Å². The number of hydrogen-bond donors (Lipinski definition) is 1. The molecule has 0 aliphatic heterocycles. The van der Waals surface area contributed by atoms with Crippen molar-refractivity contribution < 1.29 is 0 Å². The summed E-state index contributed by atoms with van der Waals surface area (Å²) in [6.45, 7) is 11.6. The SMILES string of the molecule is CCCNCc1cnc(C)n1Cc1c(Cl)c(C)nn1CC. The standard InChI is InChI=1S/C15H24ClN5/c1-5-7-17-8-13-9-18-12(4)20(13)10-14-15(16)11(3)19-21(14)6-2/h9,17H,5-8,10H2,1-4H3. The number of nitrogens with one attached hydrogen (secondary N) is 1. The van der Waals surface area contributed by atoms with Crippen molar-refractivity contribution in [2.45, 2.75) is 53.8 Å². The summed E-state index contributed by atoms with van der Waals surface area (Å²) in [6.07, 6.45) is 3.06. The van der Waals surface area contributed by atoms with E-state index in [9.17, 15) is 0 Å². The van der Waals surface area contributed by atoms with Gasteiger partial charge >= 0.3 is 0 Å². The maximum absolute atomic E-state index is 6.41. The predicted molar refractivity (Wildman–Crippen MR) is 85.7 cm³/mol. The first kappa shape index (κ1) is 16.0. The normalized spacial score (nSPS) is 11.3. The first-order valence-electron chi connectivity index (χ1n) is 7.51. The lowest BCUT2D eigenvalue weighted by molar-refractivity contribution is 0.572. The monoisotopic (exact) mass is 309 g/mol. The molecule has 0 saturated carbocycles. The molecule has 0 spiro atoms. The summed E-state index contributed by atoms with van der Waals surface area (Å²) in [5.74, 6) is 1.00. The van der Waals surface area contributed by atoms with E-state index in [-0.39, 0.29) is 0 Å². The third-order valence-electron chi connectivity index (χ3n) is 3.63. The maximum atomic E-state index is 6.41. The second-order valence-electron chi connectivity index (χ2n) is 5.22. The quantitative estimate of drug-likeness (QED) is 0.800. The topological polar surface area (TPSA) is 47.7 Å². The Labute approximate surface area is 131 Å². The molecule has 0 unspecified atom stereocenters. The van der Waals surface area contributed by atoms with Crippen LogP contribution >= 0.6 is 11.6 Å². The van der Waals surface area contributed by atoms with Crippen molar-refractivity contribution in [2.24, 2.45) is 0 Å². The van der Waals surface area contributed by atoms with Crippen molar-refractivity contribution in [1.29, 1.82) is 0 Å². The van der Waals surface area contributed by atoms with Crippen LogP contribution in [0.2, 0.25) is 5.02 Å². The van der Waals surface area contributed by atoms with Crippen molar-refractivity contribution >= 4 is 11.6 Å². The molecule has 21 heavy (non-hydrogen) atoms. The minimum absolute atomic E-state index is 0.711. The summed E-state index contributed by atoms with van der Waals surface area (Å²) >= 11 is 6.41. The van der Waals surface area contributed by atoms with Gasteiger partial charge in [-0.15, -0.1) is 0 Å². The Morgan fingerprint density at radius 2 is 2.05 bits per heavy atom. The maximum Gasteiger partial charge on any atom is 0.106 e. The molecule has 2 heterocycles. The molecule has 0 radical (unpaired) electrons. The molecule has 2 aromatic heterocycles. The van der Waals surface area contributed by atoms with E-state index in [1.54, 1.807) is 0 Å². The number of rotatable bonds is 7. The number of hydrogen-bond acceptors (Lipinski definition) is 3. The number of nitrogens with zero attached hydrogens (tertiary/aromatic N) is 4. The van der Waals surface area contributed by atoms with E-state index in [1.165, 1.54) is 5.69 Å². The van der Waals surface area contributed by atoms with Gasteiger partial charge in [-0.25, -0.2) is 4.98 Å². The Hall–Kier alpha value is -1.33. The zero-order chi connectivity index (χ0) is 15.4. The Bertz CT molecular complexity index is 599. The highest BCUT2D eigenvalue weighted by Crippen LogP contribution is 2.22. The lowest BCUT2D eigenvalue weighted by Gasteiger charge is -2.12. The molecule has 116 valence electrons. The van der Waals surface area contributed by atoms with Gasteiger partial charge in [0.05, 0.1) is 28.6 Å². The summed E-state index contributed by atoms with van der Waals surface area (Å²) in [5.41, 5.74) is 3.12.